The molecule has 3 rings (SSSR count). The van der Waals surface area contributed by atoms with E-state index in [0.717, 1.165) is 5.56 Å². The minimum Gasteiger partial charge on any atom is -0.435 e. The maximum absolute atomic E-state index is 12.5. The molecule has 0 aliphatic rings. The van der Waals surface area contributed by atoms with Crippen molar-refractivity contribution in [2.24, 2.45) is 0 Å². The summed E-state index contributed by atoms with van der Waals surface area (Å²) in [5.74, 6) is -0.165. The SMILES string of the molecule is CN(Cc1ccc(OC(F)F)cc1)C(=O)CCn1c(=O)[nH]c(=O)c2ccccc21. The van der Waals surface area contributed by atoms with Gasteiger partial charge in [0.05, 0.1) is 10.9 Å². The first kappa shape index (κ1) is 20.2. The molecule has 0 aliphatic carbocycles. The molecule has 152 valence electrons. The van der Waals surface area contributed by atoms with Crippen LogP contribution in [0, 0.1) is 0 Å². The van der Waals surface area contributed by atoms with Gasteiger partial charge < -0.3 is 9.64 Å². The van der Waals surface area contributed by atoms with E-state index in [4.69, 9.17) is 0 Å². The second-order valence-electron chi connectivity index (χ2n) is 6.45. The number of fused-ring (bicyclic) bond motifs is 1. The maximum Gasteiger partial charge on any atom is 0.387 e. The van der Waals surface area contributed by atoms with Gasteiger partial charge in [0.1, 0.15) is 5.75 Å². The molecule has 1 N–H and O–H groups in total. The molecule has 2 aromatic carbocycles. The molecular weight excluding hydrogens is 384 g/mol. The topological polar surface area (TPSA) is 84.4 Å². The predicted octanol–water partition coefficient (Wildman–Crippen LogP) is 2.34. The molecule has 1 amide bonds. The molecule has 0 aliphatic heterocycles. The van der Waals surface area contributed by atoms with E-state index in [1.807, 2.05) is 0 Å². The zero-order chi connectivity index (χ0) is 21.0. The Kier molecular flexibility index (Phi) is 6.06. The fourth-order valence-corrected chi connectivity index (χ4v) is 3.00. The van der Waals surface area contributed by atoms with Crippen LogP contribution in [0.5, 0.6) is 5.75 Å². The van der Waals surface area contributed by atoms with Gasteiger partial charge in [-0.05, 0) is 29.8 Å². The summed E-state index contributed by atoms with van der Waals surface area (Å²) in [6.45, 7) is -2.51. The van der Waals surface area contributed by atoms with E-state index < -0.39 is 17.9 Å². The van der Waals surface area contributed by atoms with Gasteiger partial charge >= 0.3 is 12.3 Å². The van der Waals surface area contributed by atoms with Gasteiger partial charge in [0.2, 0.25) is 5.91 Å². The van der Waals surface area contributed by atoms with Gasteiger partial charge in [0.15, 0.2) is 0 Å². The first-order valence-electron chi connectivity index (χ1n) is 8.84. The van der Waals surface area contributed by atoms with E-state index in [1.54, 1.807) is 43.4 Å². The normalized spacial score (nSPS) is 11.0. The molecule has 1 aromatic heterocycles. The zero-order valence-electron chi connectivity index (χ0n) is 15.6. The number of alkyl halides is 2. The summed E-state index contributed by atoms with van der Waals surface area (Å²) in [5.41, 5.74) is 0.170. The van der Waals surface area contributed by atoms with Crippen molar-refractivity contribution in [3.8, 4) is 5.75 Å². The van der Waals surface area contributed by atoms with Crippen LogP contribution in [0.15, 0.2) is 58.1 Å². The Bertz CT molecular complexity index is 1120. The van der Waals surface area contributed by atoms with Crippen LogP contribution in [0.25, 0.3) is 10.9 Å². The third kappa shape index (κ3) is 4.87. The number of nitrogens with one attached hydrogen (secondary N) is 1. The number of aryl methyl sites for hydroxylation is 1. The highest BCUT2D eigenvalue weighted by molar-refractivity contribution is 5.78. The lowest BCUT2D eigenvalue weighted by molar-refractivity contribution is -0.130. The summed E-state index contributed by atoms with van der Waals surface area (Å²) in [6.07, 6.45) is 0.0546. The first-order valence-corrected chi connectivity index (χ1v) is 8.84. The monoisotopic (exact) mass is 403 g/mol. The lowest BCUT2D eigenvalue weighted by atomic mass is 10.2. The molecule has 0 bridgehead atoms. The summed E-state index contributed by atoms with van der Waals surface area (Å²) >= 11 is 0. The van der Waals surface area contributed by atoms with Crippen LogP contribution in [0.3, 0.4) is 0 Å². The highest BCUT2D eigenvalue weighted by atomic mass is 19.3. The molecule has 1 heterocycles. The number of hydrogen-bond acceptors (Lipinski definition) is 4. The molecule has 3 aromatic rings. The number of hydrogen-bond donors (Lipinski definition) is 1. The van der Waals surface area contributed by atoms with Crippen molar-refractivity contribution in [3.63, 3.8) is 0 Å². The summed E-state index contributed by atoms with van der Waals surface area (Å²) in [5, 5.41) is 0.374. The fourth-order valence-electron chi connectivity index (χ4n) is 3.00. The maximum atomic E-state index is 12.5. The van der Waals surface area contributed by atoms with Crippen molar-refractivity contribution in [2.75, 3.05) is 7.05 Å². The highest BCUT2D eigenvalue weighted by Gasteiger charge is 2.13. The molecule has 7 nitrogen and oxygen atoms in total. The lowest BCUT2D eigenvalue weighted by Gasteiger charge is -2.18. The number of carbonyl (C=O) groups excluding carboxylic acids is 1. The predicted molar refractivity (Wildman–Crippen MR) is 103 cm³/mol. The van der Waals surface area contributed by atoms with Gasteiger partial charge in [-0.2, -0.15) is 8.78 Å². The molecule has 0 fully saturated rings. The molecule has 0 unspecified atom stereocenters. The van der Waals surface area contributed by atoms with Gasteiger partial charge in [-0.25, -0.2) is 4.79 Å². The van der Waals surface area contributed by atoms with Gasteiger partial charge in [-0.3, -0.25) is 19.1 Å². The summed E-state index contributed by atoms with van der Waals surface area (Å²) in [4.78, 5) is 40.2. The minimum atomic E-state index is -2.89. The molecule has 29 heavy (non-hydrogen) atoms. The lowest BCUT2D eigenvalue weighted by Crippen LogP contribution is -2.33. The van der Waals surface area contributed by atoms with E-state index in [2.05, 4.69) is 9.72 Å². The first-order chi connectivity index (χ1) is 13.8. The number of aromatic nitrogens is 2. The van der Waals surface area contributed by atoms with Crippen molar-refractivity contribution in [1.82, 2.24) is 14.5 Å². The van der Waals surface area contributed by atoms with Crippen LogP contribution in [0.4, 0.5) is 8.78 Å². The average molecular weight is 403 g/mol. The third-order valence-corrected chi connectivity index (χ3v) is 4.45. The van der Waals surface area contributed by atoms with E-state index in [-0.39, 0.29) is 31.2 Å². The Morgan fingerprint density at radius 3 is 2.52 bits per heavy atom. The molecule has 0 saturated carbocycles. The number of amides is 1. The van der Waals surface area contributed by atoms with Crippen molar-refractivity contribution in [1.29, 1.82) is 0 Å². The number of halogens is 2. The number of rotatable bonds is 7. The number of H-pyrrole nitrogens is 1. The van der Waals surface area contributed by atoms with Crippen molar-refractivity contribution in [2.45, 2.75) is 26.1 Å². The van der Waals surface area contributed by atoms with Gasteiger partial charge in [-0.1, -0.05) is 24.3 Å². The van der Waals surface area contributed by atoms with E-state index in [0.29, 0.717) is 10.9 Å². The molecule has 0 spiro atoms. The second kappa shape index (κ2) is 8.68. The van der Waals surface area contributed by atoms with Crippen molar-refractivity contribution < 1.29 is 18.3 Å². The summed E-state index contributed by atoms with van der Waals surface area (Å²) in [7, 11) is 1.61. The minimum absolute atomic E-state index is 0.0436. The van der Waals surface area contributed by atoms with E-state index in [9.17, 15) is 23.2 Å². The van der Waals surface area contributed by atoms with Crippen molar-refractivity contribution >= 4 is 16.8 Å². The Balaban J connectivity index is 1.66. The largest absolute Gasteiger partial charge is 0.435 e. The Hall–Kier alpha value is -3.49. The van der Waals surface area contributed by atoms with Gasteiger partial charge in [0, 0.05) is 26.6 Å². The standard InChI is InChI=1S/C20H19F2N3O4/c1-24(12-13-6-8-14(9-7-13)29-19(21)22)17(26)10-11-25-16-5-3-2-4-15(16)18(27)23-20(25)28/h2-9,19H,10-12H2,1H3,(H,23,27,28). The van der Waals surface area contributed by atoms with Crippen LogP contribution in [-0.4, -0.2) is 34.0 Å². The number of ether oxygens (including phenoxy) is 1. The van der Waals surface area contributed by atoms with E-state index in [1.165, 1.54) is 21.6 Å². The number of nitrogens with zero attached hydrogens (tertiary/aromatic N) is 2. The van der Waals surface area contributed by atoms with Gasteiger partial charge in [0.25, 0.3) is 5.56 Å². The fraction of sp³-hybridized carbons (Fsp3) is 0.250. The third-order valence-electron chi connectivity index (χ3n) is 4.45. The Morgan fingerprint density at radius 2 is 1.83 bits per heavy atom. The van der Waals surface area contributed by atoms with Crippen LogP contribution < -0.4 is 16.0 Å². The zero-order valence-corrected chi connectivity index (χ0v) is 15.6. The van der Waals surface area contributed by atoms with Crippen LogP contribution in [-0.2, 0) is 17.9 Å². The number of aromatic amines is 1. The molecule has 0 saturated heterocycles. The smallest absolute Gasteiger partial charge is 0.387 e. The molecular formula is C20H19F2N3O4. The number of benzene rings is 2. The quantitative estimate of drug-likeness (QED) is 0.656. The van der Waals surface area contributed by atoms with Crippen LogP contribution >= 0.6 is 0 Å². The number of carbonyl (C=O) groups is 1. The van der Waals surface area contributed by atoms with Gasteiger partial charge in [-0.15, -0.1) is 0 Å². The Labute approximate surface area is 164 Å². The van der Waals surface area contributed by atoms with Crippen LogP contribution in [0.1, 0.15) is 12.0 Å². The number of para-hydroxylation sites is 1. The molecule has 0 atom stereocenters. The van der Waals surface area contributed by atoms with Crippen molar-refractivity contribution in [3.05, 3.63) is 74.9 Å². The van der Waals surface area contributed by atoms with Crippen LogP contribution in [0.2, 0.25) is 0 Å². The van der Waals surface area contributed by atoms with E-state index >= 15 is 0 Å². The Morgan fingerprint density at radius 1 is 1.14 bits per heavy atom. The highest BCUT2D eigenvalue weighted by Crippen LogP contribution is 2.16. The summed E-state index contributed by atoms with van der Waals surface area (Å²) < 4.78 is 30.0. The second-order valence-corrected chi connectivity index (χ2v) is 6.45. The average Bonchev–Trinajstić information content (AvgIpc) is 2.68. The summed E-state index contributed by atoms with van der Waals surface area (Å²) in [6, 6.07) is 12.7. The molecule has 0 radical (unpaired) electrons. The molecule has 9 heteroatoms.